The average Bonchev–Trinajstić information content (AvgIpc) is 4.04. The summed E-state index contributed by atoms with van der Waals surface area (Å²) in [5.74, 6) is -0.0625. The zero-order valence-electron chi connectivity index (χ0n) is 30.7. The maximum absolute atomic E-state index is 10.0. The number of carbonyl (C=O) groups excluding carboxylic acids is 1. The Kier molecular flexibility index (Phi) is 11.7. The minimum Gasteiger partial charge on any atom is -0.657 e. The number of aliphatic hydroxyl groups excluding tert-OH is 1. The number of hydrogen-bond donors (Lipinski definition) is 1. The Morgan fingerprint density at radius 2 is 0.696 bits per heavy atom. The predicted octanol–water partition coefficient (Wildman–Crippen LogP) is 11.6. The fourth-order valence-corrected chi connectivity index (χ4v) is 6.98. The standard InChI is InChI=1S/C44H28N4.C5H8O2.Tb/c1-5-13-29(14-6-1)41-33-21-23-35(45-33)42(30-15-7-2-8-16-30)37-25-27-39(47-37)44(32-19-11-4-12-20-32)40-28-26-38(48-40)43(31-17-9-3-10-18-31)36-24-22-34(41)46-36;1-4(6)3-5(2)7;/h1-28H;3,6H,1-2H3;/q-2;;/b;4-3-;. The third-order valence-corrected chi connectivity index (χ3v) is 9.27. The topological polar surface area (TPSA) is 91.3 Å². The van der Waals surface area contributed by atoms with Gasteiger partial charge in [-0.3, -0.25) is 4.79 Å². The van der Waals surface area contributed by atoms with Crippen molar-refractivity contribution < 1.29 is 48.5 Å². The Balaban J connectivity index is 0.000000552. The molecule has 0 fully saturated rings. The molecule has 0 unspecified atom stereocenters. The van der Waals surface area contributed by atoms with Crippen molar-refractivity contribution in [3.63, 3.8) is 0 Å². The first kappa shape index (κ1) is 38.3. The Hall–Kier alpha value is -6.02. The zero-order chi connectivity index (χ0) is 37.7. The van der Waals surface area contributed by atoms with Gasteiger partial charge in [0.1, 0.15) is 0 Å². The molecule has 0 saturated heterocycles. The van der Waals surface area contributed by atoms with E-state index in [2.05, 4.69) is 146 Å². The Labute approximate surface area is 356 Å². The number of aromatic nitrogens is 4. The number of rotatable bonds is 5. The summed E-state index contributed by atoms with van der Waals surface area (Å²) in [6.45, 7) is 2.85. The molecule has 3 aromatic heterocycles. The Bertz CT molecular complexity index is 2430. The van der Waals surface area contributed by atoms with E-state index in [1.807, 2.05) is 24.3 Å². The van der Waals surface area contributed by atoms with Gasteiger partial charge < -0.3 is 15.1 Å². The number of benzene rings is 4. The molecule has 0 spiro atoms. The van der Waals surface area contributed by atoms with Gasteiger partial charge in [-0.05, 0) is 82.7 Å². The molecule has 0 amide bonds. The van der Waals surface area contributed by atoms with Gasteiger partial charge in [-0.15, -0.1) is 22.1 Å². The summed E-state index contributed by atoms with van der Waals surface area (Å²) in [7, 11) is 0. The molecule has 0 saturated carbocycles. The molecule has 5 heterocycles. The SMILES string of the molecule is C1=Cc2nc1c(-c1ccccc1)c1ccc([n-]1)c(-c1ccccc1)c1nc(c(-c3ccccc3)c3ccc([n-]3)c2-c2ccccc2)C=C1.CC(=O)/C=C(/C)O.[Tb]. The number of fused-ring (bicyclic) bond motifs is 8. The van der Waals surface area contributed by atoms with Gasteiger partial charge in [0, 0.05) is 44.7 Å². The van der Waals surface area contributed by atoms with Crippen LogP contribution in [-0.2, 0) is 4.79 Å². The van der Waals surface area contributed by atoms with E-state index < -0.39 is 0 Å². The van der Waals surface area contributed by atoms with Crippen LogP contribution in [0.15, 0.2) is 157 Å². The van der Waals surface area contributed by atoms with E-state index >= 15 is 0 Å². The smallest absolute Gasteiger partial charge is 0.155 e. The molecule has 8 bridgehead atoms. The van der Waals surface area contributed by atoms with Crippen molar-refractivity contribution in [3.8, 4) is 44.5 Å². The largest absolute Gasteiger partial charge is 0.657 e. The first-order chi connectivity index (χ1) is 26.9. The summed E-state index contributed by atoms with van der Waals surface area (Å²) in [5, 5.41) is 8.36. The number of hydrogen-bond acceptors (Lipinski definition) is 4. The van der Waals surface area contributed by atoms with Gasteiger partial charge in [-0.25, -0.2) is 9.97 Å². The van der Waals surface area contributed by atoms with E-state index in [9.17, 15) is 4.79 Å². The van der Waals surface area contributed by atoms with Crippen LogP contribution in [0.1, 0.15) is 36.6 Å². The monoisotopic (exact) mass is 871 g/mol. The molecule has 2 aliphatic heterocycles. The summed E-state index contributed by atoms with van der Waals surface area (Å²) in [4.78, 5) is 31.3. The molecular weight excluding hydrogens is 835 g/mol. The van der Waals surface area contributed by atoms with Crippen LogP contribution in [0.25, 0.3) is 90.9 Å². The maximum atomic E-state index is 10.0. The van der Waals surface area contributed by atoms with E-state index in [1.165, 1.54) is 19.9 Å². The second-order valence-electron chi connectivity index (χ2n) is 13.2. The third kappa shape index (κ3) is 8.15. The summed E-state index contributed by atoms with van der Waals surface area (Å²) >= 11 is 0. The average molecular weight is 872 g/mol. The fraction of sp³-hybridized carbons (Fsp3) is 0.0408. The minimum absolute atomic E-state index is 0. The van der Waals surface area contributed by atoms with E-state index in [4.69, 9.17) is 25.0 Å². The summed E-state index contributed by atoms with van der Waals surface area (Å²) in [5.41, 5.74) is 15.0. The molecule has 4 aromatic carbocycles. The van der Waals surface area contributed by atoms with Gasteiger partial charge in [0.2, 0.25) is 0 Å². The molecule has 6 nitrogen and oxygen atoms in total. The second kappa shape index (κ2) is 17.2. The van der Waals surface area contributed by atoms with Gasteiger partial charge in [-0.1, -0.05) is 146 Å². The molecule has 0 atom stereocenters. The quantitative estimate of drug-likeness (QED) is 0.137. The molecule has 2 aliphatic rings. The van der Waals surface area contributed by atoms with Crippen molar-refractivity contribution in [1.82, 2.24) is 19.9 Å². The van der Waals surface area contributed by atoms with Crippen molar-refractivity contribution in [2.45, 2.75) is 13.8 Å². The number of nitrogens with zero attached hydrogens (tertiary/aromatic N) is 4. The van der Waals surface area contributed by atoms with Crippen molar-refractivity contribution in [3.05, 3.63) is 180 Å². The summed E-state index contributed by atoms with van der Waals surface area (Å²) < 4.78 is 0. The van der Waals surface area contributed by atoms with Crippen LogP contribution < -0.4 is 9.97 Å². The van der Waals surface area contributed by atoms with E-state index in [1.54, 1.807) is 0 Å². The number of carbonyl (C=O) groups is 1. The van der Waals surface area contributed by atoms with Gasteiger partial charge in [0.25, 0.3) is 0 Å². The maximum Gasteiger partial charge on any atom is 0.155 e. The van der Waals surface area contributed by atoms with Crippen LogP contribution in [0.3, 0.4) is 0 Å². The van der Waals surface area contributed by atoms with Gasteiger partial charge in [0.15, 0.2) is 5.78 Å². The Morgan fingerprint density at radius 1 is 0.446 bits per heavy atom. The van der Waals surface area contributed by atoms with Gasteiger partial charge >= 0.3 is 0 Å². The summed E-state index contributed by atoms with van der Waals surface area (Å²) in [6, 6.07) is 50.0. The van der Waals surface area contributed by atoms with Crippen molar-refractivity contribution in [2.24, 2.45) is 0 Å². The Morgan fingerprint density at radius 3 is 0.893 bits per heavy atom. The molecule has 7 heteroatoms. The van der Waals surface area contributed by atoms with E-state index in [-0.39, 0.29) is 50.2 Å². The molecular formula is C49H36N4O2Tb-2. The fourth-order valence-electron chi connectivity index (χ4n) is 6.98. The molecule has 7 aromatic rings. The molecule has 1 radical (unpaired) electrons. The number of allylic oxidation sites excluding steroid dienone is 2. The molecule has 275 valence electrons. The number of ketones is 1. The minimum atomic E-state index is -0.125. The second-order valence-corrected chi connectivity index (χ2v) is 13.2. The zero-order valence-corrected chi connectivity index (χ0v) is 32.9. The van der Waals surface area contributed by atoms with Crippen LogP contribution in [0.5, 0.6) is 0 Å². The first-order valence-electron chi connectivity index (χ1n) is 18.1. The molecule has 9 rings (SSSR count). The third-order valence-electron chi connectivity index (χ3n) is 9.27. The molecule has 0 aliphatic carbocycles. The van der Waals surface area contributed by atoms with Crippen molar-refractivity contribution in [2.75, 3.05) is 0 Å². The molecule has 56 heavy (non-hydrogen) atoms. The van der Waals surface area contributed by atoms with Crippen LogP contribution in [-0.4, -0.2) is 20.9 Å². The first-order valence-corrected chi connectivity index (χ1v) is 18.1. The van der Waals surface area contributed by atoms with Gasteiger partial charge in [0.05, 0.1) is 28.5 Å². The van der Waals surface area contributed by atoms with E-state index in [0.717, 1.165) is 89.4 Å². The number of aliphatic hydroxyl groups is 1. The van der Waals surface area contributed by atoms with Crippen LogP contribution in [0.2, 0.25) is 0 Å². The van der Waals surface area contributed by atoms with Crippen molar-refractivity contribution in [1.29, 1.82) is 0 Å². The molecule has 1 N–H and O–H groups in total. The van der Waals surface area contributed by atoms with Gasteiger partial charge in [-0.2, -0.15) is 0 Å². The van der Waals surface area contributed by atoms with Crippen LogP contribution in [0.4, 0.5) is 0 Å². The predicted molar refractivity (Wildman–Crippen MR) is 226 cm³/mol. The van der Waals surface area contributed by atoms with Crippen LogP contribution >= 0.6 is 0 Å². The normalized spacial score (nSPS) is 11.7. The van der Waals surface area contributed by atoms with Crippen molar-refractivity contribution >= 4 is 52.2 Å². The van der Waals surface area contributed by atoms with Crippen LogP contribution in [0, 0.1) is 38.6 Å². The summed E-state index contributed by atoms with van der Waals surface area (Å²) in [6.07, 6.45) is 9.57. The van der Waals surface area contributed by atoms with E-state index in [0.29, 0.717) is 0 Å².